The van der Waals surface area contributed by atoms with Crippen molar-refractivity contribution in [2.45, 2.75) is 32.2 Å². The average Bonchev–Trinajstić information content (AvgIpc) is 2.99. The van der Waals surface area contributed by atoms with Crippen LogP contribution in [0.5, 0.6) is 0 Å². The third-order valence-electron chi connectivity index (χ3n) is 4.28. The summed E-state index contributed by atoms with van der Waals surface area (Å²) in [4.78, 5) is 26.2. The van der Waals surface area contributed by atoms with Gasteiger partial charge in [-0.05, 0) is 30.7 Å². The first kappa shape index (κ1) is 15.0. The van der Waals surface area contributed by atoms with Crippen LogP contribution in [0.3, 0.4) is 0 Å². The van der Waals surface area contributed by atoms with Crippen molar-refractivity contribution in [3.05, 3.63) is 22.4 Å². The third-order valence-corrected chi connectivity index (χ3v) is 5.23. The average molecular weight is 296 g/mol. The standard InChI is InChI=1S/C14H20N2O3S/c1-2-14(13(18)19)5-7-16(8-6-14)12(17)11(15)10-4-3-9-20-10/h3-4,9,11H,2,5-8,15H2,1H3,(H,18,19). The van der Waals surface area contributed by atoms with Crippen molar-refractivity contribution >= 4 is 23.2 Å². The number of thiophene rings is 1. The van der Waals surface area contributed by atoms with E-state index in [0.29, 0.717) is 32.4 Å². The molecule has 1 unspecified atom stereocenters. The third kappa shape index (κ3) is 2.71. The maximum atomic E-state index is 12.3. The number of carbonyl (C=O) groups excluding carboxylic acids is 1. The van der Waals surface area contributed by atoms with Gasteiger partial charge in [-0.25, -0.2) is 0 Å². The van der Waals surface area contributed by atoms with Crippen LogP contribution in [0.2, 0.25) is 0 Å². The van der Waals surface area contributed by atoms with Gasteiger partial charge in [0.25, 0.3) is 0 Å². The molecule has 1 aliphatic heterocycles. The van der Waals surface area contributed by atoms with Crippen molar-refractivity contribution < 1.29 is 14.7 Å². The van der Waals surface area contributed by atoms with Crippen LogP contribution in [0.1, 0.15) is 37.1 Å². The normalized spacial score (nSPS) is 19.6. The maximum absolute atomic E-state index is 12.3. The van der Waals surface area contributed by atoms with Crippen LogP contribution in [-0.4, -0.2) is 35.0 Å². The number of aliphatic carboxylic acids is 1. The number of nitrogens with two attached hydrogens (primary N) is 1. The van der Waals surface area contributed by atoms with Gasteiger partial charge in [-0.15, -0.1) is 11.3 Å². The van der Waals surface area contributed by atoms with Crippen molar-refractivity contribution in [2.24, 2.45) is 11.1 Å². The second kappa shape index (κ2) is 5.93. The lowest BCUT2D eigenvalue weighted by Gasteiger charge is -2.39. The number of nitrogens with zero attached hydrogens (tertiary/aromatic N) is 1. The van der Waals surface area contributed by atoms with Gasteiger partial charge >= 0.3 is 5.97 Å². The largest absolute Gasteiger partial charge is 0.481 e. The maximum Gasteiger partial charge on any atom is 0.309 e. The fraction of sp³-hybridized carbons (Fsp3) is 0.571. The summed E-state index contributed by atoms with van der Waals surface area (Å²) in [5.74, 6) is -0.864. The van der Waals surface area contributed by atoms with E-state index in [4.69, 9.17) is 5.73 Å². The molecule has 6 heteroatoms. The first-order valence-electron chi connectivity index (χ1n) is 6.81. The number of amides is 1. The second-order valence-corrected chi connectivity index (χ2v) is 6.24. The van der Waals surface area contributed by atoms with E-state index in [-0.39, 0.29) is 5.91 Å². The molecule has 1 aliphatic rings. The van der Waals surface area contributed by atoms with Gasteiger partial charge in [0.05, 0.1) is 5.41 Å². The molecule has 0 radical (unpaired) electrons. The van der Waals surface area contributed by atoms with Crippen molar-refractivity contribution in [2.75, 3.05) is 13.1 Å². The van der Waals surface area contributed by atoms with Crippen LogP contribution in [-0.2, 0) is 9.59 Å². The molecule has 1 aromatic heterocycles. The van der Waals surface area contributed by atoms with Gasteiger partial charge in [0.2, 0.25) is 5.91 Å². The summed E-state index contributed by atoms with van der Waals surface area (Å²) < 4.78 is 0. The topological polar surface area (TPSA) is 83.6 Å². The lowest BCUT2D eigenvalue weighted by Crippen LogP contribution is -2.48. The van der Waals surface area contributed by atoms with Crippen LogP contribution >= 0.6 is 11.3 Å². The van der Waals surface area contributed by atoms with Gasteiger partial charge in [0, 0.05) is 18.0 Å². The van der Waals surface area contributed by atoms with E-state index < -0.39 is 17.4 Å². The van der Waals surface area contributed by atoms with Crippen LogP contribution < -0.4 is 5.73 Å². The number of hydrogen-bond donors (Lipinski definition) is 2. The van der Waals surface area contributed by atoms with Gasteiger partial charge in [-0.1, -0.05) is 13.0 Å². The Morgan fingerprint density at radius 1 is 1.50 bits per heavy atom. The molecule has 0 spiro atoms. The summed E-state index contributed by atoms with van der Waals surface area (Å²) in [7, 11) is 0. The van der Waals surface area contributed by atoms with Gasteiger partial charge in [-0.2, -0.15) is 0 Å². The molecule has 1 saturated heterocycles. The van der Waals surface area contributed by atoms with Gasteiger partial charge in [0.15, 0.2) is 0 Å². The quantitative estimate of drug-likeness (QED) is 0.888. The minimum absolute atomic E-state index is 0.109. The van der Waals surface area contributed by atoms with Crippen LogP contribution in [0.15, 0.2) is 17.5 Å². The predicted octanol–water partition coefficient (Wildman–Crippen LogP) is 1.85. The van der Waals surface area contributed by atoms with E-state index in [1.54, 1.807) is 4.90 Å². The Kier molecular flexibility index (Phi) is 4.45. The molecule has 0 aliphatic carbocycles. The molecular weight excluding hydrogens is 276 g/mol. The van der Waals surface area contributed by atoms with E-state index in [1.165, 1.54) is 11.3 Å². The Morgan fingerprint density at radius 3 is 2.60 bits per heavy atom. The van der Waals surface area contributed by atoms with Crippen molar-refractivity contribution in [1.82, 2.24) is 4.90 Å². The molecule has 1 fully saturated rings. The minimum atomic E-state index is -0.755. The molecular formula is C14H20N2O3S. The molecule has 5 nitrogen and oxygen atoms in total. The summed E-state index contributed by atoms with van der Waals surface area (Å²) in [6.45, 7) is 2.83. The number of carboxylic acids is 1. The number of piperidine rings is 1. The Hall–Kier alpha value is -1.40. The van der Waals surface area contributed by atoms with E-state index >= 15 is 0 Å². The summed E-state index contributed by atoms with van der Waals surface area (Å²) >= 11 is 1.47. The number of likely N-dealkylation sites (tertiary alicyclic amines) is 1. The SMILES string of the molecule is CCC1(C(=O)O)CCN(C(=O)C(N)c2cccs2)CC1. The molecule has 3 N–H and O–H groups in total. The lowest BCUT2D eigenvalue weighted by atomic mass is 9.76. The highest BCUT2D eigenvalue weighted by atomic mass is 32.1. The first-order chi connectivity index (χ1) is 9.50. The van der Waals surface area contributed by atoms with E-state index in [2.05, 4.69) is 0 Å². The highest BCUT2D eigenvalue weighted by Gasteiger charge is 2.41. The van der Waals surface area contributed by atoms with E-state index in [1.807, 2.05) is 24.4 Å². The second-order valence-electron chi connectivity index (χ2n) is 5.26. The highest BCUT2D eigenvalue weighted by molar-refractivity contribution is 7.10. The Bertz CT molecular complexity index is 479. The fourth-order valence-electron chi connectivity index (χ4n) is 2.66. The van der Waals surface area contributed by atoms with Crippen LogP contribution in [0.4, 0.5) is 0 Å². The zero-order valence-electron chi connectivity index (χ0n) is 11.5. The molecule has 2 rings (SSSR count). The summed E-state index contributed by atoms with van der Waals surface area (Å²) in [6, 6.07) is 3.09. The fourth-order valence-corrected chi connectivity index (χ4v) is 3.38. The highest BCUT2D eigenvalue weighted by Crippen LogP contribution is 2.35. The molecule has 2 heterocycles. The van der Waals surface area contributed by atoms with Crippen molar-refractivity contribution in [1.29, 1.82) is 0 Å². The molecule has 1 amide bonds. The molecule has 1 atom stereocenters. The lowest BCUT2D eigenvalue weighted by molar-refractivity contribution is -0.154. The number of rotatable bonds is 4. The van der Waals surface area contributed by atoms with Crippen molar-refractivity contribution in [3.63, 3.8) is 0 Å². The number of hydrogen-bond acceptors (Lipinski definition) is 4. The van der Waals surface area contributed by atoms with Crippen LogP contribution in [0, 0.1) is 5.41 Å². The summed E-state index contributed by atoms with van der Waals surface area (Å²) in [5.41, 5.74) is 5.30. The molecule has 1 aromatic rings. The smallest absolute Gasteiger partial charge is 0.309 e. The first-order valence-corrected chi connectivity index (χ1v) is 7.69. The molecule has 0 aromatic carbocycles. The molecule has 0 bridgehead atoms. The van der Waals surface area contributed by atoms with Gasteiger partial charge < -0.3 is 15.7 Å². The predicted molar refractivity (Wildman–Crippen MR) is 77.4 cm³/mol. The monoisotopic (exact) mass is 296 g/mol. The minimum Gasteiger partial charge on any atom is -0.481 e. The Balaban J connectivity index is 2.00. The Labute approximate surface area is 122 Å². The Morgan fingerprint density at radius 2 is 2.15 bits per heavy atom. The van der Waals surface area contributed by atoms with E-state index in [0.717, 1.165) is 4.88 Å². The van der Waals surface area contributed by atoms with Gasteiger partial charge in [-0.3, -0.25) is 9.59 Å². The zero-order chi connectivity index (χ0) is 14.8. The summed E-state index contributed by atoms with van der Waals surface area (Å²) in [6.07, 6.45) is 1.60. The van der Waals surface area contributed by atoms with Gasteiger partial charge in [0.1, 0.15) is 6.04 Å². The van der Waals surface area contributed by atoms with Crippen molar-refractivity contribution in [3.8, 4) is 0 Å². The summed E-state index contributed by atoms with van der Waals surface area (Å²) in [5, 5.41) is 11.2. The number of carbonyl (C=O) groups is 2. The molecule has 0 saturated carbocycles. The molecule has 20 heavy (non-hydrogen) atoms. The van der Waals surface area contributed by atoms with E-state index in [9.17, 15) is 14.7 Å². The zero-order valence-corrected chi connectivity index (χ0v) is 12.4. The molecule has 110 valence electrons. The number of carboxylic acid groups (broad SMARTS) is 1. The van der Waals surface area contributed by atoms with Crippen LogP contribution in [0.25, 0.3) is 0 Å².